The summed E-state index contributed by atoms with van der Waals surface area (Å²) in [6.45, 7) is 0.636. The first kappa shape index (κ1) is 13.0. The Hall–Kier alpha value is -1.47. The van der Waals surface area contributed by atoms with Crippen LogP contribution in [0.4, 0.5) is 4.39 Å². The van der Waals surface area contributed by atoms with Crippen molar-refractivity contribution < 1.29 is 14.6 Å². The molecule has 0 unspecified atom stereocenters. The monoisotopic (exact) mass is 258 g/mol. The van der Waals surface area contributed by atoms with Crippen LogP contribution >= 0.6 is 0 Å². The lowest BCUT2D eigenvalue weighted by molar-refractivity contribution is 0.105. The third-order valence-electron chi connectivity index (χ3n) is 3.70. The Labute approximate surface area is 102 Å². The average Bonchev–Trinajstić information content (AvgIpc) is 2.91. The number of nitrogens with zero attached hydrogens (tertiary/aromatic N) is 1. The van der Waals surface area contributed by atoms with E-state index in [0.29, 0.717) is 5.56 Å². The van der Waals surface area contributed by atoms with Crippen molar-refractivity contribution in [3.8, 4) is 0 Å². The molecule has 1 saturated carbocycles. The van der Waals surface area contributed by atoms with Crippen LogP contribution in [0.2, 0.25) is 0 Å². The van der Waals surface area contributed by atoms with Gasteiger partial charge in [0.15, 0.2) is 0 Å². The van der Waals surface area contributed by atoms with E-state index < -0.39 is 42.0 Å². The molecule has 3 N–H and O–H groups in total. The molecule has 6 nitrogen and oxygen atoms in total. The highest BCUT2D eigenvalue weighted by atomic mass is 19.1. The van der Waals surface area contributed by atoms with Gasteiger partial charge in [-0.05, 0) is 6.92 Å². The molecular weight excluding hydrogens is 243 g/mol. The van der Waals surface area contributed by atoms with Gasteiger partial charge >= 0.3 is 5.69 Å². The molecule has 1 heterocycles. The quantitative estimate of drug-likeness (QED) is 0.631. The maximum absolute atomic E-state index is 13.6. The Balaban J connectivity index is 2.25. The van der Waals surface area contributed by atoms with Crippen LogP contribution in [0.25, 0.3) is 0 Å². The number of nitrogens with one attached hydrogen (secondary N) is 1. The molecule has 1 aromatic rings. The fourth-order valence-electron chi connectivity index (χ4n) is 2.22. The number of halogens is 1. The molecule has 7 heteroatoms. The first-order valence-corrected chi connectivity index (χ1v) is 5.62. The zero-order valence-electron chi connectivity index (χ0n) is 9.89. The van der Waals surface area contributed by atoms with Crippen molar-refractivity contribution in [3.63, 3.8) is 0 Å². The zero-order valence-corrected chi connectivity index (χ0v) is 9.89. The topological polar surface area (TPSA) is 95.3 Å². The summed E-state index contributed by atoms with van der Waals surface area (Å²) in [5.41, 5.74) is -1.90. The van der Waals surface area contributed by atoms with Crippen LogP contribution in [0.5, 0.6) is 0 Å². The Morgan fingerprint density at radius 3 is 2.56 bits per heavy atom. The SMILES string of the molecule is Cc1cn(C[C@@H]2[C@H](F)C2(CO)CO)c(=O)[nH]c1=O. The number of aromatic amines is 1. The number of aliphatic hydroxyl groups excluding tert-OH is 2. The largest absolute Gasteiger partial charge is 0.396 e. The van der Waals surface area contributed by atoms with Crippen molar-refractivity contribution in [2.24, 2.45) is 11.3 Å². The van der Waals surface area contributed by atoms with Crippen molar-refractivity contribution in [2.75, 3.05) is 13.2 Å². The molecule has 1 aromatic heterocycles. The summed E-state index contributed by atoms with van der Waals surface area (Å²) >= 11 is 0. The highest BCUT2D eigenvalue weighted by Crippen LogP contribution is 2.55. The molecule has 1 fully saturated rings. The van der Waals surface area contributed by atoms with Gasteiger partial charge in [-0.15, -0.1) is 0 Å². The maximum atomic E-state index is 13.6. The third-order valence-corrected chi connectivity index (χ3v) is 3.70. The second-order valence-electron chi connectivity index (χ2n) is 4.78. The first-order valence-electron chi connectivity index (χ1n) is 5.62. The van der Waals surface area contributed by atoms with Crippen molar-refractivity contribution >= 4 is 0 Å². The lowest BCUT2D eigenvalue weighted by Crippen LogP contribution is -2.32. The summed E-state index contributed by atoms with van der Waals surface area (Å²) in [4.78, 5) is 24.8. The Morgan fingerprint density at radius 1 is 1.44 bits per heavy atom. The molecule has 0 aliphatic heterocycles. The van der Waals surface area contributed by atoms with E-state index in [0.717, 1.165) is 0 Å². The number of alkyl halides is 1. The van der Waals surface area contributed by atoms with Crippen LogP contribution in [-0.2, 0) is 6.54 Å². The Kier molecular flexibility index (Phi) is 3.12. The molecule has 1 aliphatic carbocycles. The van der Waals surface area contributed by atoms with E-state index in [2.05, 4.69) is 4.98 Å². The highest BCUT2D eigenvalue weighted by Gasteiger charge is 2.65. The van der Waals surface area contributed by atoms with Gasteiger partial charge in [0.1, 0.15) is 6.17 Å². The second-order valence-corrected chi connectivity index (χ2v) is 4.78. The molecule has 0 aromatic carbocycles. The minimum Gasteiger partial charge on any atom is -0.396 e. The molecule has 0 amide bonds. The molecule has 0 saturated heterocycles. The van der Waals surface area contributed by atoms with Gasteiger partial charge in [0.05, 0.1) is 18.6 Å². The Bertz CT molecular complexity index is 561. The normalized spacial score (nSPS) is 25.1. The van der Waals surface area contributed by atoms with E-state index in [-0.39, 0.29) is 6.54 Å². The lowest BCUT2D eigenvalue weighted by Gasteiger charge is -2.10. The van der Waals surface area contributed by atoms with Crippen LogP contribution in [0, 0.1) is 18.3 Å². The van der Waals surface area contributed by atoms with Gasteiger partial charge in [-0.25, -0.2) is 9.18 Å². The summed E-state index contributed by atoms with van der Waals surface area (Å²) in [5, 5.41) is 18.2. The molecular formula is C11H15FN2O4. The van der Waals surface area contributed by atoms with Crippen LogP contribution in [-0.4, -0.2) is 39.1 Å². The number of aliphatic hydroxyl groups is 2. The molecule has 0 bridgehead atoms. The molecule has 100 valence electrons. The molecule has 1 aliphatic rings. The number of rotatable bonds is 4. The van der Waals surface area contributed by atoms with Crippen LogP contribution < -0.4 is 11.2 Å². The maximum Gasteiger partial charge on any atom is 0.328 e. The standard InChI is InChI=1S/C11H15FN2O4/c1-6-2-14(10(18)13-9(6)17)3-7-8(12)11(7,4-15)5-16/h2,7-8,15-16H,3-5H2,1H3,(H,13,17,18)/t7-,8+/m1/s1. The van der Waals surface area contributed by atoms with E-state index in [1.807, 2.05) is 0 Å². The van der Waals surface area contributed by atoms with Crippen molar-refractivity contribution in [1.29, 1.82) is 0 Å². The molecule has 0 radical (unpaired) electrons. The summed E-state index contributed by atoms with van der Waals surface area (Å²) in [7, 11) is 0. The second kappa shape index (κ2) is 4.33. The molecule has 2 rings (SSSR count). The molecule has 2 atom stereocenters. The predicted molar refractivity (Wildman–Crippen MR) is 61.1 cm³/mol. The highest BCUT2D eigenvalue weighted by molar-refractivity contribution is 5.12. The fraction of sp³-hybridized carbons (Fsp3) is 0.636. The van der Waals surface area contributed by atoms with Gasteiger partial charge in [-0.3, -0.25) is 14.3 Å². The van der Waals surface area contributed by atoms with Gasteiger partial charge in [0.2, 0.25) is 0 Å². The van der Waals surface area contributed by atoms with Gasteiger partial charge in [-0.1, -0.05) is 0 Å². The van der Waals surface area contributed by atoms with E-state index in [4.69, 9.17) is 10.2 Å². The van der Waals surface area contributed by atoms with Gasteiger partial charge in [0.25, 0.3) is 5.56 Å². The summed E-state index contributed by atoms with van der Waals surface area (Å²) in [6, 6.07) is 0. The number of aromatic nitrogens is 2. The Morgan fingerprint density at radius 2 is 2.06 bits per heavy atom. The fourth-order valence-corrected chi connectivity index (χ4v) is 2.22. The number of hydrogen-bond acceptors (Lipinski definition) is 4. The van der Waals surface area contributed by atoms with Crippen molar-refractivity contribution in [1.82, 2.24) is 9.55 Å². The number of hydrogen-bond donors (Lipinski definition) is 3. The summed E-state index contributed by atoms with van der Waals surface area (Å²) in [5.74, 6) is -0.615. The van der Waals surface area contributed by atoms with E-state index in [9.17, 15) is 14.0 Å². The van der Waals surface area contributed by atoms with Gasteiger partial charge in [0, 0.05) is 24.2 Å². The minimum atomic E-state index is -1.34. The zero-order chi connectivity index (χ0) is 13.5. The van der Waals surface area contributed by atoms with Crippen molar-refractivity contribution in [2.45, 2.75) is 19.6 Å². The number of H-pyrrole nitrogens is 1. The van der Waals surface area contributed by atoms with Crippen molar-refractivity contribution in [3.05, 3.63) is 32.6 Å². The lowest BCUT2D eigenvalue weighted by atomic mass is 10.1. The van der Waals surface area contributed by atoms with Gasteiger partial charge < -0.3 is 10.2 Å². The third kappa shape index (κ3) is 1.79. The first-order chi connectivity index (χ1) is 8.46. The van der Waals surface area contributed by atoms with E-state index >= 15 is 0 Å². The molecule has 18 heavy (non-hydrogen) atoms. The van der Waals surface area contributed by atoms with Crippen LogP contribution in [0.15, 0.2) is 15.8 Å². The van der Waals surface area contributed by atoms with Gasteiger partial charge in [-0.2, -0.15) is 0 Å². The predicted octanol–water partition coefficient (Wildman–Crippen LogP) is -1.22. The van der Waals surface area contributed by atoms with E-state index in [1.165, 1.54) is 10.8 Å². The van der Waals surface area contributed by atoms with Crippen LogP contribution in [0.3, 0.4) is 0 Å². The molecule has 0 spiro atoms. The summed E-state index contributed by atoms with van der Waals surface area (Å²) in [6.07, 6.45) is 0.0118. The van der Waals surface area contributed by atoms with E-state index in [1.54, 1.807) is 6.92 Å². The summed E-state index contributed by atoms with van der Waals surface area (Å²) < 4.78 is 14.8. The average molecular weight is 258 g/mol. The minimum absolute atomic E-state index is 0.0265. The van der Waals surface area contributed by atoms with Crippen LogP contribution in [0.1, 0.15) is 5.56 Å². The number of aryl methyl sites for hydroxylation is 1. The smallest absolute Gasteiger partial charge is 0.328 e.